The van der Waals surface area contributed by atoms with Crippen molar-refractivity contribution >= 4 is 17.6 Å². The number of nitrogens with two attached hydrogens (primary N) is 1. The lowest BCUT2D eigenvalue weighted by Crippen LogP contribution is -2.48. The van der Waals surface area contributed by atoms with Crippen LogP contribution < -0.4 is 5.84 Å². The molecular weight excluding hydrogens is 384 g/mol. The predicted octanol–water partition coefficient (Wildman–Crippen LogP) is 4.86. The van der Waals surface area contributed by atoms with E-state index in [0.29, 0.717) is 18.0 Å². The topological polar surface area (TPSA) is 81.1 Å². The van der Waals surface area contributed by atoms with Gasteiger partial charge in [0.25, 0.3) is 0 Å². The highest BCUT2D eigenvalue weighted by molar-refractivity contribution is 6.47. The van der Waals surface area contributed by atoms with Gasteiger partial charge in [-0.05, 0) is 26.8 Å². The highest BCUT2D eigenvalue weighted by Crippen LogP contribution is 2.12. The van der Waals surface area contributed by atoms with E-state index in [9.17, 15) is 0 Å². The van der Waals surface area contributed by atoms with Gasteiger partial charge < -0.3 is 16.2 Å². The molecule has 2 rings (SSSR count). The summed E-state index contributed by atoms with van der Waals surface area (Å²) in [4.78, 5) is 9.01. The maximum Gasteiger partial charge on any atom is 0.128 e. The summed E-state index contributed by atoms with van der Waals surface area (Å²) in [5.74, 6) is 6.56. The van der Waals surface area contributed by atoms with Crippen molar-refractivity contribution in [3.63, 3.8) is 0 Å². The van der Waals surface area contributed by atoms with E-state index in [2.05, 4.69) is 19.9 Å². The minimum absolute atomic E-state index is 0.450. The normalized spacial score (nSPS) is 15.4. The molecule has 0 aromatic heterocycles. The molecule has 0 unspecified atom stereocenters. The molecule has 0 atom stereocenters. The Morgan fingerprint density at radius 1 is 1.03 bits per heavy atom. The zero-order chi connectivity index (χ0) is 23.6. The average Bonchev–Trinajstić information content (AvgIpc) is 2.81. The van der Waals surface area contributed by atoms with E-state index in [1.165, 1.54) is 5.56 Å². The van der Waals surface area contributed by atoms with E-state index >= 15 is 0 Å². The Morgan fingerprint density at radius 3 is 2.10 bits per heavy atom. The third kappa shape index (κ3) is 9.75. The molecule has 172 valence electrons. The summed E-state index contributed by atoms with van der Waals surface area (Å²) >= 11 is 0. The molecule has 1 aliphatic heterocycles. The number of piperazine rings is 1. The fourth-order valence-corrected chi connectivity index (χ4v) is 3.02. The highest BCUT2D eigenvalue weighted by Gasteiger charge is 2.21. The van der Waals surface area contributed by atoms with Crippen molar-refractivity contribution in [1.29, 1.82) is 5.41 Å². The maximum atomic E-state index is 8.45. The average molecular weight is 427 g/mol. The smallest absolute Gasteiger partial charge is 0.128 e. The Balaban J connectivity index is 0.00000212. The van der Waals surface area contributed by atoms with Crippen LogP contribution in [0.3, 0.4) is 0 Å². The van der Waals surface area contributed by atoms with Gasteiger partial charge in [-0.2, -0.15) is 5.10 Å². The molecule has 0 amide bonds. The molecule has 0 radical (unpaired) electrons. The van der Waals surface area contributed by atoms with Crippen molar-refractivity contribution in [3.05, 3.63) is 59.4 Å². The summed E-state index contributed by atoms with van der Waals surface area (Å²) in [5.41, 5.74) is 3.07. The molecule has 0 saturated carbocycles. The second kappa shape index (κ2) is 17.0. The molecule has 1 fully saturated rings. The molecule has 1 aliphatic rings. The maximum absolute atomic E-state index is 8.45. The molecule has 1 heterocycles. The summed E-state index contributed by atoms with van der Waals surface area (Å²) < 4.78 is 0. The first-order valence-corrected chi connectivity index (χ1v) is 11.3. The lowest BCUT2D eigenvalue weighted by atomic mass is 10.0. The predicted molar refractivity (Wildman–Crippen MR) is 137 cm³/mol. The van der Waals surface area contributed by atoms with E-state index in [0.717, 1.165) is 37.6 Å². The molecule has 3 N–H and O–H groups in total. The summed E-state index contributed by atoms with van der Waals surface area (Å²) in [6.45, 7) is 18.0. The molecular formula is C25H42N6. The van der Waals surface area contributed by atoms with Crippen LogP contribution >= 0.6 is 0 Å². The van der Waals surface area contributed by atoms with Crippen LogP contribution in [-0.4, -0.2) is 60.2 Å². The molecule has 0 bridgehead atoms. The number of nitrogens with one attached hydrogen (secondary N) is 1. The lowest BCUT2D eigenvalue weighted by molar-refractivity contribution is 0.175. The number of rotatable bonds is 7. The van der Waals surface area contributed by atoms with E-state index in [1.807, 2.05) is 97.2 Å². The number of benzene rings is 1. The van der Waals surface area contributed by atoms with E-state index in [1.54, 1.807) is 0 Å². The van der Waals surface area contributed by atoms with E-state index in [-0.39, 0.29) is 0 Å². The second-order valence-corrected chi connectivity index (χ2v) is 6.52. The minimum atomic E-state index is 0.450. The first kappa shape index (κ1) is 28.3. The van der Waals surface area contributed by atoms with Gasteiger partial charge in [0.15, 0.2) is 0 Å². The Hall–Kier alpha value is -2.73. The van der Waals surface area contributed by atoms with Gasteiger partial charge in [-0.25, -0.2) is 4.99 Å². The van der Waals surface area contributed by atoms with E-state index < -0.39 is 0 Å². The number of hydrazone groups is 1. The number of allylic oxidation sites excluding steroid dienone is 3. The van der Waals surface area contributed by atoms with Gasteiger partial charge in [-0.15, -0.1) is 0 Å². The van der Waals surface area contributed by atoms with E-state index in [4.69, 9.17) is 11.3 Å². The minimum Gasteiger partial charge on any atom is -0.354 e. The summed E-state index contributed by atoms with van der Waals surface area (Å²) in [5, 5.41) is 12.3. The van der Waals surface area contributed by atoms with Crippen molar-refractivity contribution < 1.29 is 0 Å². The van der Waals surface area contributed by atoms with Crippen LogP contribution in [0.15, 0.2) is 58.4 Å². The third-order valence-corrected chi connectivity index (χ3v) is 4.52. The van der Waals surface area contributed by atoms with Crippen LogP contribution in [0, 0.1) is 12.3 Å². The van der Waals surface area contributed by atoms with Crippen molar-refractivity contribution in [2.45, 2.75) is 48.5 Å². The quantitative estimate of drug-likeness (QED) is 0.283. The molecule has 1 aromatic rings. The Morgan fingerprint density at radius 2 is 1.61 bits per heavy atom. The SMILES string of the molecule is CC.CC.C\C=C/C=C(\N=C/C)N1CCN(CC(=N)/C(=N\N)c2ccc(C)cc2)CC1. The second-order valence-electron chi connectivity index (χ2n) is 6.52. The first-order valence-electron chi connectivity index (χ1n) is 11.3. The molecule has 0 spiro atoms. The van der Waals surface area contributed by atoms with Crippen molar-refractivity contribution in [2.24, 2.45) is 15.9 Å². The van der Waals surface area contributed by atoms with Crippen LogP contribution in [0.1, 0.15) is 52.7 Å². The fraction of sp³-hybridized carbons (Fsp3) is 0.480. The number of aryl methyl sites for hydroxylation is 1. The number of hydrogen-bond donors (Lipinski definition) is 2. The monoisotopic (exact) mass is 426 g/mol. The molecule has 1 aromatic carbocycles. The van der Waals surface area contributed by atoms with Crippen molar-refractivity contribution in [2.75, 3.05) is 32.7 Å². The Labute approximate surface area is 189 Å². The summed E-state index contributed by atoms with van der Waals surface area (Å²) in [6.07, 6.45) is 7.87. The molecule has 31 heavy (non-hydrogen) atoms. The molecule has 1 saturated heterocycles. The molecule has 6 nitrogen and oxygen atoms in total. The largest absolute Gasteiger partial charge is 0.354 e. The Kier molecular flexibility index (Phi) is 15.5. The van der Waals surface area contributed by atoms with Crippen LogP contribution in [-0.2, 0) is 0 Å². The van der Waals surface area contributed by atoms with Crippen LogP contribution in [0.4, 0.5) is 0 Å². The lowest BCUT2D eigenvalue weighted by Gasteiger charge is -2.36. The van der Waals surface area contributed by atoms with Gasteiger partial charge in [0.2, 0.25) is 0 Å². The van der Waals surface area contributed by atoms with Crippen LogP contribution in [0.2, 0.25) is 0 Å². The number of aliphatic imine (C=N–C) groups is 1. The zero-order valence-corrected chi connectivity index (χ0v) is 20.5. The summed E-state index contributed by atoms with van der Waals surface area (Å²) in [7, 11) is 0. The van der Waals surface area contributed by atoms with Crippen LogP contribution in [0.5, 0.6) is 0 Å². The van der Waals surface area contributed by atoms with Gasteiger partial charge in [0.1, 0.15) is 11.5 Å². The van der Waals surface area contributed by atoms with Gasteiger partial charge in [0, 0.05) is 44.5 Å². The van der Waals surface area contributed by atoms with Crippen molar-refractivity contribution in [3.8, 4) is 0 Å². The highest BCUT2D eigenvalue weighted by atomic mass is 15.3. The van der Waals surface area contributed by atoms with Gasteiger partial charge >= 0.3 is 0 Å². The standard InChI is InChI=1S/C21H30N6.2C2H6/c1-4-6-7-20(24-5-2)27-14-12-26(13-15-27)16-19(22)21(25-23)18-10-8-17(3)9-11-18;2*1-2/h4-11,22H,12-16,23H2,1-3H3;2*1-2H3/b6-4-,20-7+,22-19?,24-5-,25-21-;;. The number of nitrogens with zero attached hydrogens (tertiary/aromatic N) is 4. The van der Waals surface area contributed by atoms with Gasteiger partial charge in [-0.1, -0.05) is 69.7 Å². The molecule has 6 heteroatoms. The van der Waals surface area contributed by atoms with Gasteiger partial charge in [0.05, 0.1) is 5.71 Å². The van der Waals surface area contributed by atoms with Crippen LogP contribution in [0.25, 0.3) is 0 Å². The molecule has 0 aliphatic carbocycles. The first-order chi connectivity index (χ1) is 15.1. The Bertz CT molecular complexity index is 736. The fourth-order valence-electron chi connectivity index (χ4n) is 3.02. The third-order valence-electron chi connectivity index (χ3n) is 4.52. The van der Waals surface area contributed by atoms with Crippen molar-refractivity contribution in [1.82, 2.24) is 9.80 Å². The summed E-state index contributed by atoms with van der Waals surface area (Å²) in [6, 6.07) is 7.96. The van der Waals surface area contributed by atoms with Gasteiger partial charge in [-0.3, -0.25) is 4.90 Å². The number of hydrogen-bond acceptors (Lipinski definition) is 6. The zero-order valence-electron chi connectivity index (χ0n) is 20.5.